The second-order valence-corrected chi connectivity index (χ2v) is 7.66. The lowest BCUT2D eigenvalue weighted by atomic mass is 9.91. The third kappa shape index (κ3) is 3.58. The Labute approximate surface area is 118 Å². The summed E-state index contributed by atoms with van der Waals surface area (Å²) in [4.78, 5) is 0.470. The third-order valence-electron chi connectivity index (χ3n) is 3.62. The van der Waals surface area contributed by atoms with E-state index in [1.54, 1.807) is 12.1 Å². The molecule has 18 heavy (non-hydrogen) atoms. The monoisotopic (exact) mass is 330 g/mol. The standard InChI is InChI=1S/C14H19BrO2S/c15-10-12-6-8-14(9-7-12)18(16,17)11-13-4-2-1-3-5-13/h6-9,13H,1-5,10-11H2. The summed E-state index contributed by atoms with van der Waals surface area (Å²) < 4.78 is 24.6. The van der Waals surface area contributed by atoms with E-state index in [1.807, 2.05) is 12.1 Å². The largest absolute Gasteiger partial charge is 0.224 e. The van der Waals surface area contributed by atoms with Crippen molar-refractivity contribution < 1.29 is 8.42 Å². The minimum Gasteiger partial charge on any atom is -0.224 e. The summed E-state index contributed by atoms with van der Waals surface area (Å²) in [5.74, 6) is 0.681. The van der Waals surface area contributed by atoms with Crippen molar-refractivity contribution in [2.24, 2.45) is 5.92 Å². The van der Waals surface area contributed by atoms with Crippen LogP contribution in [0.1, 0.15) is 37.7 Å². The quantitative estimate of drug-likeness (QED) is 0.783. The van der Waals surface area contributed by atoms with Gasteiger partial charge in [-0.2, -0.15) is 0 Å². The molecular weight excluding hydrogens is 312 g/mol. The fourth-order valence-electron chi connectivity index (χ4n) is 2.55. The third-order valence-corrected chi connectivity index (χ3v) is 6.16. The summed E-state index contributed by atoms with van der Waals surface area (Å²) in [6, 6.07) is 7.22. The van der Waals surface area contributed by atoms with E-state index in [-0.39, 0.29) is 0 Å². The first-order chi connectivity index (χ1) is 8.62. The molecule has 1 aliphatic rings. The fraction of sp³-hybridized carbons (Fsp3) is 0.571. The lowest BCUT2D eigenvalue weighted by Crippen LogP contribution is -2.18. The Hall–Kier alpha value is -0.350. The predicted molar refractivity (Wildman–Crippen MR) is 77.7 cm³/mol. The van der Waals surface area contributed by atoms with Gasteiger partial charge in [-0.25, -0.2) is 8.42 Å². The van der Waals surface area contributed by atoms with Crippen molar-refractivity contribution in [2.45, 2.75) is 42.3 Å². The lowest BCUT2D eigenvalue weighted by Gasteiger charge is -2.21. The molecule has 0 spiro atoms. The van der Waals surface area contributed by atoms with Crippen LogP contribution in [0.25, 0.3) is 0 Å². The summed E-state index contributed by atoms with van der Waals surface area (Å²) in [5, 5.41) is 0.760. The molecular formula is C14H19BrO2S. The van der Waals surface area contributed by atoms with E-state index in [1.165, 1.54) is 19.3 Å². The van der Waals surface area contributed by atoms with Crippen LogP contribution in [0.3, 0.4) is 0 Å². The number of alkyl halides is 1. The smallest absolute Gasteiger partial charge is 0.178 e. The molecule has 0 heterocycles. The SMILES string of the molecule is O=S(=O)(CC1CCCCC1)c1ccc(CBr)cc1. The molecule has 0 saturated heterocycles. The van der Waals surface area contributed by atoms with Crippen LogP contribution >= 0.6 is 15.9 Å². The van der Waals surface area contributed by atoms with E-state index in [9.17, 15) is 8.42 Å². The fourth-order valence-corrected chi connectivity index (χ4v) is 4.62. The molecule has 0 atom stereocenters. The van der Waals surface area contributed by atoms with Gasteiger partial charge < -0.3 is 0 Å². The Morgan fingerprint density at radius 1 is 1.06 bits per heavy atom. The van der Waals surface area contributed by atoms with Gasteiger partial charge in [0.25, 0.3) is 0 Å². The molecule has 0 N–H and O–H groups in total. The summed E-state index contributed by atoms with van der Waals surface area (Å²) in [6.45, 7) is 0. The summed E-state index contributed by atoms with van der Waals surface area (Å²) in [6.07, 6.45) is 5.76. The average Bonchev–Trinajstić information content (AvgIpc) is 2.39. The Morgan fingerprint density at radius 2 is 1.67 bits per heavy atom. The topological polar surface area (TPSA) is 34.1 Å². The number of halogens is 1. The van der Waals surface area contributed by atoms with Gasteiger partial charge in [-0.15, -0.1) is 0 Å². The van der Waals surface area contributed by atoms with Crippen molar-refractivity contribution in [3.8, 4) is 0 Å². The van der Waals surface area contributed by atoms with Crippen LogP contribution < -0.4 is 0 Å². The average molecular weight is 331 g/mol. The molecule has 1 fully saturated rings. The molecule has 100 valence electrons. The van der Waals surface area contributed by atoms with Crippen molar-refractivity contribution in [3.63, 3.8) is 0 Å². The Balaban J connectivity index is 2.08. The zero-order valence-corrected chi connectivity index (χ0v) is 12.8. The molecule has 0 unspecified atom stereocenters. The summed E-state index contributed by atoms with van der Waals surface area (Å²) in [7, 11) is -3.10. The minimum absolute atomic E-state index is 0.320. The zero-order valence-electron chi connectivity index (χ0n) is 10.4. The van der Waals surface area contributed by atoms with E-state index < -0.39 is 9.84 Å². The van der Waals surface area contributed by atoms with Gasteiger partial charge in [-0.1, -0.05) is 47.3 Å². The molecule has 0 amide bonds. The highest BCUT2D eigenvalue weighted by molar-refractivity contribution is 9.08. The summed E-state index contributed by atoms with van der Waals surface area (Å²) in [5.41, 5.74) is 1.10. The van der Waals surface area contributed by atoms with Crippen LogP contribution in [0.2, 0.25) is 0 Å². The number of hydrogen-bond donors (Lipinski definition) is 0. The number of benzene rings is 1. The Morgan fingerprint density at radius 3 is 2.22 bits per heavy atom. The van der Waals surface area contributed by atoms with E-state index in [4.69, 9.17) is 0 Å². The maximum Gasteiger partial charge on any atom is 0.178 e. The number of rotatable bonds is 4. The first-order valence-electron chi connectivity index (χ1n) is 6.49. The lowest BCUT2D eigenvalue weighted by molar-refractivity contribution is 0.385. The van der Waals surface area contributed by atoms with Gasteiger partial charge in [0, 0.05) is 5.33 Å². The van der Waals surface area contributed by atoms with Crippen molar-refractivity contribution in [2.75, 3.05) is 5.75 Å². The molecule has 2 nitrogen and oxygen atoms in total. The molecule has 2 rings (SSSR count). The van der Waals surface area contributed by atoms with E-state index in [0.29, 0.717) is 16.6 Å². The van der Waals surface area contributed by atoms with Gasteiger partial charge in [0.1, 0.15) is 0 Å². The normalized spacial score (nSPS) is 17.8. The van der Waals surface area contributed by atoms with E-state index >= 15 is 0 Å². The van der Waals surface area contributed by atoms with Crippen molar-refractivity contribution in [1.29, 1.82) is 0 Å². The van der Waals surface area contributed by atoms with Crippen molar-refractivity contribution in [1.82, 2.24) is 0 Å². The zero-order chi connectivity index (χ0) is 13.0. The van der Waals surface area contributed by atoms with Gasteiger partial charge in [0.15, 0.2) is 9.84 Å². The van der Waals surface area contributed by atoms with Crippen LogP contribution in [-0.2, 0) is 15.2 Å². The van der Waals surface area contributed by atoms with E-state index in [0.717, 1.165) is 23.7 Å². The molecule has 0 aliphatic heterocycles. The highest BCUT2D eigenvalue weighted by Gasteiger charge is 2.22. The highest BCUT2D eigenvalue weighted by atomic mass is 79.9. The number of sulfone groups is 1. The predicted octanol–water partition coefficient (Wildman–Crippen LogP) is 3.94. The maximum atomic E-state index is 12.3. The highest BCUT2D eigenvalue weighted by Crippen LogP contribution is 2.27. The minimum atomic E-state index is -3.10. The molecule has 0 bridgehead atoms. The molecule has 0 radical (unpaired) electrons. The van der Waals surface area contributed by atoms with Gasteiger partial charge in [0.2, 0.25) is 0 Å². The molecule has 1 saturated carbocycles. The van der Waals surface area contributed by atoms with Crippen LogP contribution in [-0.4, -0.2) is 14.2 Å². The maximum absolute atomic E-state index is 12.3. The van der Waals surface area contributed by atoms with Gasteiger partial charge in [-0.3, -0.25) is 0 Å². The van der Waals surface area contributed by atoms with Crippen LogP contribution in [0, 0.1) is 5.92 Å². The van der Waals surface area contributed by atoms with Gasteiger partial charge >= 0.3 is 0 Å². The molecule has 4 heteroatoms. The van der Waals surface area contributed by atoms with Crippen LogP contribution in [0.4, 0.5) is 0 Å². The summed E-state index contributed by atoms with van der Waals surface area (Å²) >= 11 is 3.36. The molecule has 1 aromatic carbocycles. The Bertz CT molecular complexity index is 473. The number of hydrogen-bond acceptors (Lipinski definition) is 2. The molecule has 1 aliphatic carbocycles. The first kappa shape index (κ1) is 14.1. The molecule has 1 aromatic rings. The molecule has 0 aromatic heterocycles. The second kappa shape index (κ2) is 6.20. The van der Waals surface area contributed by atoms with Crippen LogP contribution in [0.5, 0.6) is 0 Å². The van der Waals surface area contributed by atoms with E-state index in [2.05, 4.69) is 15.9 Å². The first-order valence-corrected chi connectivity index (χ1v) is 9.27. The second-order valence-electron chi connectivity index (χ2n) is 5.06. The van der Waals surface area contributed by atoms with Crippen molar-refractivity contribution >= 4 is 25.8 Å². The Kier molecular flexibility index (Phi) is 4.84. The van der Waals surface area contributed by atoms with Crippen molar-refractivity contribution in [3.05, 3.63) is 29.8 Å². The van der Waals surface area contributed by atoms with Gasteiger partial charge in [0.05, 0.1) is 10.6 Å². The van der Waals surface area contributed by atoms with Gasteiger partial charge in [-0.05, 0) is 36.5 Å². The van der Waals surface area contributed by atoms with Crippen LogP contribution in [0.15, 0.2) is 29.2 Å².